The largest absolute Gasteiger partial charge is 0.451 e. The number of amides is 1. The summed E-state index contributed by atoms with van der Waals surface area (Å²) in [5.74, 6) is -0.806. The highest BCUT2D eigenvalue weighted by Gasteiger charge is 2.18. The first-order valence-corrected chi connectivity index (χ1v) is 10.2. The van der Waals surface area contributed by atoms with E-state index in [4.69, 9.17) is 16.3 Å². The lowest BCUT2D eigenvalue weighted by atomic mass is 9.87. The molecule has 0 radical (unpaired) electrons. The van der Waals surface area contributed by atoms with Crippen LogP contribution in [0.4, 0.5) is 5.69 Å². The number of pyridine rings is 1. The van der Waals surface area contributed by atoms with Crippen molar-refractivity contribution in [3.63, 3.8) is 0 Å². The SMILES string of the molecule is Cc1cc(C)n(-c2ccc(Cl)c(C(=O)OCC(=O)Nc3ccc(C(C)(C)C)cc3)n2)n1. The van der Waals surface area contributed by atoms with Crippen molar-refractivity contribution >= 4 is 29.2 Å². The van der Waals surface area contributed by atoms with Crippen molar-refractivity contribution in [3.8, 4) is 5.82 Å². The number of carbonyl (C=O) groups excluding carboxylic acids is 2. The van der Waals surface area contributed by atoms with Gasteiger partial charge in [-0.25, -0.2) is 14.5 Å². The first-order valence-electron chi connectivity index (χ1n) is 9.82. The normalized spacial score (nSPS) is 11.3. The number of halogens is 1. The van der Waals surface area contributed by atoms with E-state index >= 15 is 0 Å². The Bertz CT molecular complexity index is 1110. The second-order valence-electron chi connectivity index (χ2n) is 8.29. The average molecular weight is 441 g/mol. The lowest BCUT2D eigenvalue weighted by molar-refractivity contribution is -0.119. The number of ether oxygens (including phenoxy) is 1. The van der Waals surface area contributed by atoms with Gasteiger partial charge in [0, 0.05) is 11.4 Å². The molecule has 2 aromatic heterocycles. The van der Waals surface area contributed by atoms with E-state index in [0.717, 1.165) is 17.0 Å². The number of aryl methyl sites for hydroxylation is 2. The summed E-state index contributed by atoms with van der Waals surface area (Å²) in [6.07, 6.45) is 0. The van der Waals surface area contributed by atoms with Gasteiger partial charge in [0.15, 0.2) is 18.1 Å². The Labute approximate surface area is 186 Å². The van der Waals surface area contributed by atoms with E-state index in [2.05, 4.69) is 36.2 Å². The number of carbonyl (C=O) groups is 2. The number of nitrogens with zero attached hydrogens (tertiary/aromatic N) is 3. The Kier molecular flexibility index (Phi) is 6.45. The summed E-state index contributed by atoms with van der Waals surface area (Å²) in [5, 5.41) is 7.19. The van der Waals surface area contributed by atoms with Crippen LogP contribution in [0.1, 0.15) is 48.2 Å². The number of hydrogen-bond acceptors (Lipinski definition) is 5. The standard InChI is InChI=1S/C23H25ClN4O3/c1-14-12-15(2)28(27-14)19-11-10-18(24)21(26-19)22(30)31-13-20(29)25-17-8-6-16(7-9-17)23(3,4)5/h6-12H,13H2,1-5H3,(H,25,29). The predicted octanol–water partition coefficient (Wildman–Crippen LogP) is 4.63. The molecule has 3 rings (SSSR count). The molecule has 0 unspecified atom stereocenters. The summed E-state index contributed by atoms with van der Waals surface area (Å²) < 4.78 is 6.73. The highest BCUT2D eigenvalue weighted by Crippen LogP contribution is 2.23. The zero-order valence-corrected chi connectivity index (χ0v) is 18.9. The van der Waals surface area contributed by atoms with Crippen LogP contribution in [0, 0.1) is 13.8 Å². The van der Waals surface area contributed by atoms with E-state index < -0.39 is 18.5 Å². The second-order valence-corrected chi connectivity index (χ2v) is 8.70. The van der Waals surface area contributed by atoms with Gasteiger partial charge in [-0.15, -0.1) is 0 Å². The summed E-state index contributed by atoms with van der Waals surface area (Å²) in [5.41, 5.74) is 3.41. The molecule has 0 aliphatic heterocycles. The third-order valence-corrected chi connectivity index (χ3v) is 4.93. The van der Waals surface area contributed by atoms with Gasteiger partial charge in [0.25, 0.3) is 5.91 Å². The summed E-state index contributed by atoms with van der Waals surface area (Å²) >= 11 is 6.13. The molecule has 0 fully saturated rings. The molecule has 1 N–H and O–H groups in total. The number of rotatable bonds is 5. The number of anilines is 1. The zero-order valence-electron chi connectivity index (χ0n) is 18.2. The van der Waals surface area contributed by atoms with Crippen LogP contribution in [0.15, 0.2) is 42.5 Å². The molecule has 31 heavy (non-hydrogen) atoms. The Morgan fingerprint density at radius 1 is 1.10 bits per heavy atom. The molecule has 8 heteroatoms. The second kappa shape index (κ2) is 8.89. The molecule has 1 aromatic carbocycles. The molecular formula is C23H25ClN4O3. The molecule has 1 amide bonds. The summed E-state index contributed by atoms with van der Waals surface area (Å²) in [6, 6.07) is 12.6. The minimum Gasteiger partial charge on any atom is -0.451 e. The van der Waals surface area contributed by atoms with E-state index in [1.807, 2.05) is 44.2 Å². The van der Waals surface area contributed by atoms with Crippen LogP contribution in [0.2, 0.25) is 5.02 Å². The molecule has 0 aliphatic carbocycles. The first-order chi connectivity index (χ1) is 14.5. The lowest BCUT2D eigenvalue weighted by Crippen LogP contribution is -2.22. The smallest absolute Gasteiger partial charge is 0.359 e. The quantitative estimate of drug-likeness (QED) is 0.584. The average Bonchev–Trinajstić information content (AvgIpc) is 3.04. The van der Waals surface area contributed by atoms with Crippen molar-refractivity contribution in [1.82, 2.24) is 14.8 Å². The Hall–Kier alpha value is -3.19. The van der Waals surface area contributed by atoms with E-state index in [9.17, 15) is 9.59 Å². The Balaban J connectivity index is 1.64. The van der Waals surface area contributed by atoms with E-state index in [1.165, 1.54) is 0 Å². The molecule has 0 atom stereocenters. The third kappa shape index (κ3) is 5.49. The van der Waals surface area contributed by atoms with Crippen molar-refractivity contribution in [1.29, 1.82) is 0 Å². The van der Waals surface area contributed by atoms with Crippen LogP contribution >= 0.6 is 11.6 Å². The molecule has 0 saturated carbocycles. The van der Waals surface area contributed by atoms with Crippen molar-refractivity contribution in [3.05, 3.63) is 70.1 Å². The van der Waals surface area contributed by atoms with E-state index in [-0.39, 0.29) is 16.1 Å². The molecule has 7 nitrogen and oxygen atoms in total. The molecule has 0 spiro atoms. The lowest BCUT2D eigenvalue weighted by Gasteiger charge is -2.19. The topological polar surface area (TPSA) is 86.1 Å². The number of benzene rings is 1. The number of aromatic nitrogens is 3. The van der Waals surface area contributed by atoms with Crippen LogP contribution < -0.4 is 5.32 Å². The van der Waals surface area contributed by atoms with Crippen LogP contribution in [-0.4, -0.2) is 33.2 Å². The maximum atomic E-state index is 12.5. The Morgan fingerprint density at radius 3 is 2.35 bits per heavy atom. The van der Waals surface area contributed by atoms with E-state index in [1.54, 1.807) is 16.8 Å². The van der Waals surface area contributed by atoms with E-state index in [0.29, 0.717) is 11.5 Å². The van der Waals surface area contributed by atoms with Crippen molar-refractivity contribution < 1.29 is 14.3 Å². The number of hydrogen-bond donors (Lipinski definition) is 1. The minimum atomic E-state index is -0.786. The minimum absolute atomic E-state index is 0.0201. The van der Waals surface area contributed by atoms with Gasteiger partial charge in [-0.2, -0.15) is 5.10 Å². The zero-order chi connectivity index (χ0) is 22.8. The molecule has 3 aromatic rings. The highest BCUT2D eigenvalue weighted by atomic mass is 35.5. The molecular weight excluding hydrogens is 416 g/mol. The number of nitrogens with one attached hydrogen (secondary N) is 1. The van der Waals surface area contributed by atoms with Crippen LogP contribution in [0.3, 0.4) is 0 Å². The van der Waals surface area contributed by atoms with Gasteiger partial charge >= 0.3 is 5.97 Å². The highest BCUT2D eigenvalue weighted by molar-refractivity contribution is 6.33. The summed E-state index contributed by atoms with van der Waals surface area (Å²) in [6.45, 7) is 9.63. The first kappa shape index (κ1) is 22.5. The van der Waals surface area contributed by atoms with Crippen molar-refractivity contribution in [2.24, 2.45) is 0 Å². The summed E-state index contributed by atoms with van der Waals surface area (Å²) in [7, 11) is 0. The van der Waals surface area contributed by atoms with Gasteiger partial charge in [-0.3, -0.25) is 4.79 Å². The van der Waals surface area contributed by atoms with Gasteiger partial charge in [0.05, 0.1) is 10.7 Å². The van der Waals surface area contributed by atoms with Crippen LogP contribution in [0.5, 0.6) is 0 Å². The van der Waals surface area contributed by atoms with Gasteiger partial charge < -0.3 is 10.1 Å². The van der Waals surface area contributed by atoms with Crippen LogP contribution in [-0.2, 0) is 14.9 Å². The molecule has 162 valence electrons. The number of esters is 1. The van der Waals surface area contributed by atoms with Gasteiger partial charge in [-0.1, -0.05) is 44.5 Å². The molecule has 0 saturated heterocycles. The fraction of sp³-hybridized carbons (Fsp3) is 0.304. The fourth-order valence-corrected chi connectivity index (χ4v) is 3.19. The fourth-order valence-electron chi connectivity index (χ4n) is 3.00. The van der Waals surface area contributed by atoms with Crippen LogP contribution in [0.25, 0.3) is 5.82 Å². The molecule has 0 aliphatic rings. The van der Waals surface area contributed by atoms with Gasteiger partial charge in [0.1, 0.15) is 0 Å². The molecule has 0 bridgehead atoms. The van der Waals surface area contributed by atoms with Gasteiger partial charge in [0.2, 0.25) is 0 Å². The van der Waals surface area contributed by atoms with Gasteiger partial charge in [-0.05, 0) is 55.2 Å². The summed E-state index contributed by atoms with van der Waals surface area (Å²) in [4.78, 5) is 28.9. The maximum absolute atomic E-state index is 12.5. The molecule has 2 heterocycles. The monoisotopic (exact) mass is 440 g/mol. The van der Waals surface area contributed by atoms with Crippen molar-refractivity contribution in [2.75, 3.05) is 11.9 Å². The predicted molar refractivity (Wildman–Crippen MR) is 120 cm³/mol. The Morgan fingerprint density at radius 2 is 1.77 bits per heavy atom. The maximum Gasteiger partial charge on any atom is 0.359 e. The van der Waals surface area contributed by atoms with Crippen molar-refractivity contribution in [2.45, 2.75) is 40.0 Å². The third-order valence-electron chi connectivity index (χ3n) is 4.62.